The van der Waals surface area contributed by atoms with Crippen molar-refractivity contribution in [3.8, 4) is 22.6 Å². The molecule has 26 heavy (non-hydrogen) atoms. The number of anilines is 1. The number of amides is 1. The molecule has 132 valence electrons. The number of rotatable bonds is 4. The van der Waals surface area contributed by atoms with E-state index in [1.54, 1.807) is 18.2 Å². The zero-order valence-corrected chi connectivity index (χ0v) is 14.4. The van der Waals surface area contributed by atoms with E-state index in [1.165, 1.54) is 19.4 Å². The van der Waals surface area contributed by atoms with E-state index in [2.05, 4.69) is 10.3 Å². The number of phenols is 1. The first-order valence-electron chi connectivity index (χ1n) is 7.96. The lowest BCUT2D eigenvalue weighted by atomic mass is 10.0. The molecule has 2 aromatic carbocycles. The lowest BCUT2D eigenvalue weighted by Gasteiger charge is -2.10. The van der Waals surface area contributed by atoms with Gasteiger partial charge in [-0.1, -0.05) is 35.9 Å². The van der Waals surface area contributed by atoms with E-state index < -0.39 is 5.91 Å². The summed E-state index contributed by atoms with van der Waals surface area (Å²) < 4.78 is 5.01. The van der Waals surface area contributed by atoms with Gasteiger partial charge in [-0.3, -0.25) is 9.59 Å². The Balaban J connectivity index is 1.93. The predicted octanol–water partition coefficient (Wildman–Crippen LogP) is 3.32. The highest BCUT2D eigenvalue weighted by atomic mass is 16.5. The van der Waals surface area contributed by atoms with E-state index in [4.69, 9.17) is 4.74 Å². The van der Waals surface area contributed by atoms with Crippen molar-refractivity contribution in [1.82, 2.24) is 4.98 Å². The summed E-state index contributed by atoms with van der Waals surface area (Å²) in [6, 6.07) is 13.8. The van der Waals surface area contributed by atoms with E-state index in [-0.39, 0.29) is 22.6 Å². The number of hydrogen-bond acceptors (Lipinski definition) is 4. The van der Waals surface area contributed by atoms with Gasteiger partial charge < -0.3 is 20.1 Å². The Bertz CT molecular complexity index is 1020. The van der Waals surface area contributed by atoms with Crippen LogP contribution in [0.1, 0.15) is 15.9 Å². The van der Waals surface area contributed by atoms with Crippen molar-refractivity contribution in [2.45, 2.75) is 6.92 Å². The van der Waals surface area contributed by atoms with E-state index >= 15 is 0 Å². The molecule has 0 saturated carbocycles. The number of benzene rings is 2. The molecule has 3 N–H and O–H groups in total. The molecular weight excluding hydrogens is 332 g/mol. The SMILES string of the molecule is COc1cccc(C(=O)Nc2c[nH]c(=O)c(-c3cccc(C)c3)c2)c1O. The fourth-order valence-corrected chi connectivity index (χ4v) is 2.65. The second-order valence-corrected chi connectivity index (χ2v) is 5.81. The number of nitrogens with one attached hydrogen (secondary N) is 2. The van der Waals surface area contributed by atoms with Crippen LogP contribution in [0.15, 0.2) is 59.5 Å². The highest BCUT2D eigenvalue weighted by Gasteiger charge is 2.15. The Kier molecular flexibility index (Phi) is 4.75. The molecular formula is C20H18N2O4. The van der Waals surface area contributed by atoms with Crippen molar-refractivity contribution in [2.24, 2.45) is 0 Å². The number of aromatic hydroxyl groups is 1. The van der Waals surface area contributed by atoms with E-state index in [9.17, 15) is 14.7 Å². The first-order valence-corrected chi connectivity index (χ1v) is 7.96. The molecule has 0 aliphatic rings. The van der Waals surface area contributed by atoms with Crippen molar-refractivity contribution < 1.29 is 14.6 Å². The van der Waals surface area contributed by atoms with Crippen molar-refractivity contribution in [3.63, 3.8) is 0 Å². The highest BCUT2D eigenvalue weighted by molar-refractivity contribution is 6.06. The molecule has 0 atom stereocenters. The molecule has 0 bridgehead atoms. The van der Waals surface area contributed by atoms with Crippen molar-refractivity contribution >= 4 is 11.6 Å². The number of pyridine rings is 1. The van der Waals surface area contributed by atoms with Crippen LogP contribution in [0.5, 0.6) is 11.5 Å². The molecule has 0 unspecified atom stereocenters. The van der Waals surface area contributed by atoms with Crippen LogP contribution >= 0.6 is 0 Å². The number of methoxy groups -OCH3 is 1. The molecule has 3 aromatic rings. The van der Waals surface area contributed by atoms with E-state index in [1.807, 2.05) is 31.2 Å². The number of hydrogen-bond donors (Lipinski definition) is 3. The first-order chi connectivity index (χ1) is 12.5. The summed E-state index contributed by atoms with van der Waals surface area (Å²) in [6.45, 7) is 1.94. The Hall–Kier alpha value is -3.54. The Morgan fingerprint density at radius 1 is 1.15 bits per heavy atom. The summed E-state index contributed by atoms with van der Waals surface area (Å²) in [5.41, 5.74) is 2.46. The first kappa shape index (κ1) is 17.3. The topological polar surface area (TPSA) is 91.4 Å². The van der Waals surface area contributed by atoms with Crippen LogP contribution in [0.3, 0.4) is 0 Å². The third-order valence-electron chi connectivity index (χ3n) is 3.95. The third-order valence-corrected chi connectivity index (χ3v) is 3.95. The minimum absolute atomic E-state index is 0.0765. The van der Waals surface area contributed by atoms with Gasteiger partial charge in [0.25, 0.3) is 11.5 Å². The summed E-state index contributed by atoms with van der Waals surface area (Å²) in [4.78, 5) is 27.2. The molecule has 1 aromatic heterocycles. The van der Waals surface area contributed by atoms with Gasteiger partial charge in [0.15, 0.2) is 11.5 Å². The highest BCUT2D eigenvalue weighted by Crippen LogP contribution is 2.30. The number of ether oxygens (including phenoxy) is 1. The fourth-order valence-electron chi connectivity index (χ4n) is 2.65. The van der Waals surface area contributed by atoms with Gasteiger partial charge in [0.05, 0.1) is 18.4 Å². The number of carbonyl (C=O) groups excluding carboxylic acids is 1. The summed E-state index contributed by atoms with van der Waals surface area (Å²) >= 11 is 0. The zero-order valence-electron chi connectivity index (χ0n) is 14.4. The van der Waals surface area contributed by atoms with Gasteiger partial charge in [-0.2, -0.15) is 0 Å². The lowest BCUT2D eigenvalue weighted by molar-refractivity contribution is 0.102. The van der Waals surface area contributed by atoms with Crippen LogP contribution in [0.2, 0.25) is 0 Å². The molecule has 0 aliphatic heterocycles. The largest absolute Gasteiger partial charge is 0.504 e. The van der Waals surface area contributed by atoms with Crippen molar-refractivity contribution in [1.29, 1.82) is 0 Å². The second-order valence-electron chi connectivity index (χ2n) is 5.81. The summed E-state index contributed by atoms with van der Waals surface area (Å²) in [5, 5.41) is 12.8. The van der Waals surface area contributed by atoms with Crippen molar-refractivity contribution in [3.05, 3.63) is 76.2 Å². The molecule has 6 heteroatoms. The van der Waals surface area contributed by atoms with Crippen LogP contribution in [0, 0.1) is 6.92 Å². The number of H-pyrrole nitrogens is 1. The molecule has 0 fully saturated rings. The average Bonchev–Trinajstić information content (AvgIpc) is 2.63. The smallest absolute Gasteiger partial charge is 0.259 e. The maximum Gasteiger partial charge on any atom is 0.259 e. The summed E-state index contributed by atoms with van der Waals surface area (Å²) in [5.74, 6) is -0.543. The van der Waals surface area contributed by atoms with Crippen LogP contribution in [-0.2, 0) is 0 Å². The van der Waals surface area contributed by atoms with E-state index in [0.717, 1.165) is 11.1 Å². The second kappa shape index (κ2) is 7.14. The maximum atomic E-state index is 12.5. The molecule has 1 heterocycles. The van der Waals surface area contributed by atoms with E-state index in [0.29, 0.717) is 11.3 Å². The van der Waals surface area contributed by atoms with Crippen LogP contribution < -0.4 is 15.6 Å². The lowest BCUT2D eigenvalue weighted by Crippen LogP contribution is -2.15. The minimum atomic E-state index is -0.511. The molecule has 0 radical (unpaired) electrons. The fraction of sp³-hybridized carbons (Fsp3) is 0.100. The Morgan fingerprint density at radius 3 is 2.65 bits per heavy atom. The Labute approximate surface area is 150 Å². The quantitative estimate of drug-likeness (QED) is 0.673. The van der Waals surface area contributed by atoms with Crippen LogP contribution in [0.4, 0.5) is 5.69 Å². The Morgan fingerprint density at radius 2 is 1.92 bits per heavy atom. The molecule has 0 aliphatic carbocycles. The summed E-state index contributed by atoms with van der Waals surface area (Å²) in [7, 11) is 1.41. The number of phenolic OH excluding ortho intramolecular Hbond substituents is 1. The molecule has 1 amide bonds. The number of aryl methyl sites for hydroxylation is 1. The van der Waals surface area contributed by atoms with Gasteiger partial charge in [0, 0.05) is 11.8 Å². The summed E-state index contributed by atoms with van der Waals surface area (Å²) in [6.07, 6.45) is 1.41. The molecule has 0 saturated heterocycles. The molecule has 3 rings (SSSR count). The number of aromatic amines is 1. The van der Waals surface area contributed by atoms with Crippen LogP contribution in [0.25, 0.3) is 11.1 Å². The van der Waals surface area contributed by atoms with Gasteiger partial charge >= 0.3 is 0 Å². The van der Waals surface area contributed by atoms with Gasteiger partial charge in [0.2, 0.25) is 0 Å². The third kappa shape index (κ3) is 3.44. The van der Waals surface area contributed by atoms with Crippen molar-refractivity contribution in [2.75, 3.05) is 12.4 Å². The van der Waals surface area contributed by atoms with Gasteiger partial charge in [-0.15, -0.1) is 0 Å². The number of aromatic nitrogens is 1. The average molecular weight is 350 g/mol. The monoisotopic (exact) mass is 350 g/mol. The van der Waals surface area contributed by atoms with Gasteiger partial charge in [0.1, 0.15) is 0 Å². The molecule has 0 spiro atoms. The van der Waals surface area contributed by atoms with Crippen LogP contribution in [-0.4, -0.2) is 23.1 Å². The standard InChI is InChI=1S/C20H18N2O4/c1-12-5-3-6-13(9-12)16-10-14(11-21-19(16)24)22-20(25)15-7-4-8-17(26-2)18(15)23/h3-11,23H,1-2H3,(H,21,24)(H,22,25). The zero-order chi connectivity index (χ0) is 18.7. The minimum Gasteiger partial charge on any atom is -0.504 e. The number of carbonyl (C=O) groups is 1. The molecule has 6 nitrogen and oxygen atoms in total. The van der Waals surface area contributed by atoms with Gasteiger partial charge in [-0.05, 0) is 30.7 Å². The number of para-hydroxylation sites is 1. The normalized spacial score (nSPS) is 10.4. The van der Waals surface area contributed by atoms with Gasteiger partial charge in [-0.25, -0.2) is 0 Å². The maximum absolute atomic E-state index is 12.5. The predicted molar refractivity (Wildman–Crippen MR) is 99.8 cm³/mol.